The van der Waals surface area contributed by atoms with E-state index in [0.717, 1.165) is 11.1 Å². The number of alkyl halides is 3. The summed E-state index contributed by atoms with van der Waals surface area (Å²) >= 11 is 1.17. The largest absolute Gasteiger partial charge is 0.573 e. The molecule has 12 heteroatoms. The molecule has 2 amide bonds. The van der Waals surface area contributed by atoms with Crippen LogP contribution in [0.3, 0.4) is 0 Å². The molecule has 0 aliphatic heterocycles. The van der Waals surface area contributed by atoms with E-state index in [1.165, 1.54) is 41.4 Å². The maximum Gasteiger partial charge on any atom is 0.573 e. The molecule has 0 fully saturated rings. The zero-order valence-corrected chi connectivity index (χ0v) is 22.4. The minimum Gasteiger partial charge on any atom is -0.444 e. The zero-order chi connectivity index (χ0) is 28.1. The van der Waals surface area contributed by atoms with Gasteiger partial charge in [0.15, 0.2) is 0 Å². The van der Waals surface area contributed by atoms with Crippen molar-refractivity contribution in [3.05, 3.63) is 64.7 Å². The van der Waals surface area contributed by atoms with Crippen LogP contribution in [0.1, 0.15) is 49.9 Å². The van der Waals surface area contributed by atoms with Gasteiger partial charge in [0.05, 0.1) is 6.04 Å². The van der Waals surface area contributed by atoms with Gasteiger partial charge >= 0.3 is 12.5 Å². The molecule has 0 saturated carbocycles. The number of carbonyl (C=O) groups is 2. The highest BCUT2D eigenvalue weighted by Crippen LogP contribution is 2.32. The second-order valence-electron chi connectivity index (χ2n) is 9.63. The van der Waals surface area contributed by atoms with Gasteiger partial charge in [-0.2, -0.15) is 0 Å². The van der Waals surface area contributed by atoms with Crippen molar-refractivity contribution < 1.29 is 32.2 Å². The number of nitrogens with zero attached hydrogens (tertiary/aromatic N) is 3. The van der Waals surface area contributed by atoms with Crippen LogP contribution in [-0.4, -0.2) is 46.1 Å². The van der Waals surface area contributed by atoms with Gasteiger partial charge in [-0.05, 0) is 50.5 Å². The summed E-state index contributed by atoms with van der Waals surface area (Å²) in [6, 6.07) is 12.5. The highest BCUT2D eigenvalue weighted by atomic mass is 32.1. The van der Waals surface area contributed by atoms with Gasteiger partial charge in [0.25, 0.3) is 0 Å². The van der Waals surface area contributed by atoms with E-state index in [1.807, 2.05) is 24.3 Å². The van der Waals surface area contributed by atoms with Crippen LogP contribution in [0.5, 0.6) is 5.75 Å². The Balaban J connectivity index is 1.72. The third kappa shape index (κ3) is 9.02. The maximum atomic E-state index is 12.6. The standard InChI is InChI=1S/C26H29F3N4O4S/c1-16(34)30-21(13-17-9-11-18(12-10-17)15-33(5)24(35)37-25(2,3)4)23-32-31-22(38-23)19-7-6-8-20(14-19)36-26(27,28)29/h6-12,14,21H,13,15H2,1-5H3,(H,30,34)/t21-/m0/s1. The number of carbonyl (C=O) groups excluding carboxylic acids is 2. The predicted molar refractivity (Wildman–Crippen MR) is 136 cm³/mol. The van der Waals surface area contributed by atoms with E-state index < -0.39 is 24.1 Å². The van der Waals surface area contributed by atoms with Crippen molar-refractivity contribution >= 4 is 23.3 Å². The molecule has 0 radical (unpaired) electrons. The second-order valence-corrected chi connectivity index (χ2v) is 10.6. The van der Waals surface area contributed by atoms with Crippen LogP contribution >= 0.6 is 11.3 Å². The monoisotopic (exact) mass is 550 g/mol. The average Bonchev–Trinajstić information content (AvgIpc) is 3.28. The molecule has 38 heavy (non-hydrogen) atoms. The first-order valence-corrected chi connectivity index (χ1v) is 12.5. The Hall–Kier alpha value is -3.67. The van der Waals surface area contributed by atoms with E-state index in [-0.39, 0.29) is 11.7 Å². The van der Waals surface area contributed by atoms with Gasteiger partial charge in [-0.15, -0.1) is 23.4 Å². The summed E-state index contributed by atoms with van der Waals surface area (Å²) < 4.78 is 47.1. The number of aromatic nitrogens is 2. The highest BCUT2D eigenvalue weighted by Gasteiger charge is 2.31. The van der Waals surface area contributed by atoms with Crippen LogP contribution in [0.4, 0.5) is 18.0 Å². The molecule has 0 aliphatic rings. The Morgan fingerprint density at radius 2 is 1.71 bits per heavy atom. The fourth-order valence-electron chi connectivity index (χ4n) is 3.46. The van der Waals surface area contributed by atoms with Crippen LogP contribution in [0.2, 0.25) is 0 Å². The van der Waals surface area contributed by atoms with Crippen molar-refractivity contribution in [2.45, 2.75) is 58.7 Å². The summed E-state index contributed by atoms with van der Waals surface area (Å²) in [5.74, 6) is -0.620. The van der Waals surface area contributed by atoms with E-state index in [2.05, 4.69) is 20.3 Å². The normalized spacial score (nSPS) is 12.5. The minimum atomic E-state index is -4.80. The van der Waals surface area contributed by atoms with E-state index in [0.29, 0.717) is 28.5 Å². The summed E-state index contributed by atoms with van der Waals surface area (Å²) in [4.78, 5) is 25.6. The average molecular weight is 551 g/mol. The van der Waals surface area contributed by atoms with Crippen molar-refractivity contribution in [3.63, 3.8) is 0 Å². The lowest BCUT2D eigenvalue weighted by molar-refractivity contribution is -0.274. The lowest BCUT2D eigenvalue weighted by atomic mass is 10.0. The number of benzene rings is 2. The SMILES string of the molecule is CC(=O)N[C@@H](Cc1ccc(CN(C)C(=O)OC(C)(C)C)cc1)c1nnc(-c2cccc(OC(F)(F)F)c2)s1. The van der Waals surface area contributed by atoms with E-state index in [1.54, 1.807) is 33.9 Å². The predicted octanol–water partition coefficient (Wildman–Crippen LogP) is 5.89. The van der Waals surface area contributed by atoms with Gasteiger partial charge in [-0.3, -0.25) is 4.79 Å². The molecule has 0 unspecified atom stereocenters. The van der Waals surface area contributed by atoms with Gasteiger partial charge < -0.3 is 19.7 Å². The van der Waals surface area contributed by atoms with Crippen molar-refractivity contribution in [1.29, 1.82) is 0 Å². The number of ether oxygens (including phenoxy) is 2. The lowest BCUT2D eigenvalue weighted by Gasteiger charge is -2.24. The summed E-state index contributed by atoms with van der Waals surface area (Å²) in [5, 5.41) is 12.1. The van der Waals surface area contributed by atoms with Gasteiger partial charge in [0.2, 0.25) is 5.91 Å². The number of nitrogens with one attached hydrogen (secondary N) is 1. The number of hydrogen-bond acceptors (Lipinski definition) is 7. The number of hydrogen-bond donors (Lipinski definition) is 1. The first kappa shape index (κ1) is 28.9. The van der Waals surface area contributed by atoms with Crippen molar-refractivity contribution in [1.82, 2.24) is 20.4 Å². The van der Waals surface area contributed by atoms with Crippen LogP contribution in [-0.2, 0) is 22.5 Å². The summed E-state index contributed by atoms with van der Waals surface area (Å²) in [5.41, 5.74) is 1.63. The van der Waals surface area contributed by atoms with Crippen molar-refractivity contribution in [2.24, 2.45) is 0 Å². The molecular formula is C26H29F3N4O4S. The molecule has 1 N–H and O–H groups in total. The quantitative estimate of drug-likeness (QED) is 0.376. The number of rotatable bonds is 8. The first-order valence-electron chi connectivity index (χ1n) is 11.7. The van der Waals surface area contributed by atoms with Gasteiger partial charge in [-0.1, -0.05) is 47.7 Å². The molecule has 1 heterocycles. The van der Waals surface area contributed by atoms with Crippen LogP contribution in [0.15, 0.2) is 48.5 Å². The Morgan fingerprint density at radius 3 is 2.32 bits per heavy atom. The molecule has 204 valence electrons. The van der Waals surface area contributed by atoms with Crippen LogP contribution in [0.25, 0.3) is 10.6 Å². The Morgan fingerprint density at radius 1 is 1.05 bits per heavy atom. The van der Waals surface area contributed by atoms with E-state index in [4.69, 9.17) is 4.74 Å². The smallest absolute Gasteiger partial charge is 0.444 e. The Bertz CT molecular complexity index is 1260. The highest BCUT2D eigenvalue weighted by molar-refractivity contribution is 7.14. The molecule has 0 spiro atoms. The minimum absolute atomic E-state index is 0.261. The van der Waals surface area contributed by atoms with Crippen molar-refractivity contribution in [2.75, 3.05) is 7.05 Å². The molecular weight excluding hydrogens is 521 g/mol. The molecule has 3 aromatic rings. The zero-order valence-electron chi connectivity index (χ0n) is 21.6. The van der Waals surface area contributed by atoms with Crippen LogP contribution < -0.4 is 10.1 Å². The Labute approximate surface area is 222 Å². The van der Waals surface area contributed by atoms with Gasteiger partial charge in [-0.25, -0.2) is 4.79 Å². The summed E-state index contributed by atoms with van der Waals surface area (Å²) in [6.07, 6.45) is -4.81. The fraction of sp³-hybridized carbons (Fsp3) is 0.385. The van der Waals surface area contributed by atoms with E-state index >= 15 is 0 Å². The van der Waals surface area contributed by atoms with Crippen LogP contribution in [0, 0.1) is 0 Å². The summed E-state index contributed by atoms with van der Waals surface area (Å²) in [7, 11) is 1.66. The third-order valence-corrected chi connectivity index (χ3v) is 6.10. The molecule has 1 atom stereocenters. The Kier molecular flexibility index (Phi) is 8.97. The van der Waals surface area contributed by atoms with Gasteiger partial charge in [0.1, 0.15) is 21.4 Å². The second kappa shape index (κ2) is 11.8. The van der Waals surface area contributed by atoms with Gasteiger partial charge in [0, 0.05) is 26.1 Å². The third-order valence-electron chi connectivity index (χ3n) is 5.02. The fourth-order valence-corrected chi connectivity index (χ4v) is 4.35. The molecule has 8 nitrogen and oxygen atoms in total. The topological polar surface area (TPSA) is 93.7 Å². The summed E-state index contributed by atoms with van der Waals surface area (Å²) in [6.45, 7) is 7.17. The molecule has 0 saturated heterocycles. The lowest BCUT2D eigenvalue weighted by Crippen LogP contribution is -2.33. The number of halogens is 3. The van der Waals surface area contributed by atoms with E-state index in [9.17, 15) is 22.8 Å². The molecule has 3 rings (SSSR count). The first-order chi connectivity index (χ1) is 17.7. The molecule has 0 aliphatic carbocycles. The molecule has 1 aromatic heterocycles. The number of amides is 2. The molecule has 0 bridgehead atoms. The molecule has 2 aromatic carbocycles. The van der Waals surface area contributed by atoms with Crippen molar-refractivity contribution in [3.8, 4) is 16.3 Å². The maximum absolute atomic E-state index is 12.6.